The first-order chi connectivity index (χ1) is 19.5. The smallest absolute Gasteiger partial charge is 0.328 e. The number of Topliss-reactive ketones (excluding diaryl/α,β-unsaturated/α-hetero) is 2. The summed E-state index contributed by atoms with van der Waals surface area (Å²) in [5.41, 5.74) is 2.36. The Hall–Kier alpha value is -4.26. The molecule has 1 aliphatic rings. The zero-order chi connectivity index (χ0) is 29.7. The van der Waals surface area contributed by atoms with Gasteiger partial charge in [-0.15, -0.1) is 10.2 Å². The lowest BCUT2D eigenvalue weighted by molar-refractivity contribution is -0.142. The lowest BCUT2D eigenvalue weighted by atomic mass is 9.88. The van der Waals surface area contributed by atoms with E-state index in [2.05, 4.69) is 25.9 Å². The summed E-state index contributed by atoms with van der Waals surface area (Å²) >= 11 is 0. The third-order valence-electron chi connectivity index (χ3n) is 7.26. The Kier molecular flexibility index (Phi) is 9.38. The fraction of sp³-hybridized carbons (Fsp3) is 0.500. The number of aliphatic carboxylic acids is 2. The average molecular weight is 566 g/mol. The molecular weight excluding hydrogens is 530 g/mol. The Morgan fingerprint density at radius 3 is 1.98 bits per heavy atom. The molecule has 0 radical (unpaired) electrons. The number of aromatic nitrogens is 6. The monoisotopic (exact) mass is 565 g/mol. The van der Waals surface area contributed by atoms with Crippen LogP contribution in [0.1, 0.15) is 75.3 Å². The van der Waals surface area contributed by atoms with Crippen molar-refractivity contribution >= 4 is 23.5 Å². The number of carbonyl (C=O) groups is 4. The number of hydrogen-bond acceptors (Lipinski definition) is 9. The molecule has 3 N–H and O–H groups in total. The van der Waals surface area contributed by atoms with E-state index in [0.29, 0.717) is 47.3 Å². The second kappa shape index (κ2) is 12.9. The van der Waals surface area contributed by atoms with Gasteiger partial charge in [0, 0.05) is 29.0 Å². The van der Waals surface area contributed by atoms with E-state index in [9.17, 15) is 24.3 Å². The molecule has 218 valence electrons. The Morgan fingerprint density at radius 1 is 0.927 bits per heavy atom. The zero-order valence-electron chi connectivity index (χ0n) is 23.4. The summed E-state index contributed by atoms with van der Waals surface area (Å²) in [5, 5.41) is 38.7. The molecule has 2 aromatic heterocycles. The number of rotatable bonds is 13. The molecule has 1 aromatic carbocycles. The van der Waals surface area contributed by atoms with E-state index in [1.807, 2.05) is 13.8 Å². The van der Waals surface area contributed by atoms with Gasteiger partial charge in [0.1, 0.15) is 17.4 Å². The third kappa shape index (κ3) is 7.28. The third-order valence-corrected chi connectivity index (χ3v) is 7.26. The van der Waals surface area contributed by atoms with Crippen molar-refractivity contribution in [2.75, 3.05) is 13.1 Å². The molecule has 0 spiro atoms. The van der Waals surface area contributed by atoms with Gasteiger partial charge in [0.15, 0.2) is 17.6 Å². The van der Waals surface area contributed by atoms with Crippen molar-refractivity contribution in [1.29, 1.82) is 0 Å². The van der Waals surface area contributed by atoms with E-state index in [0.717, 1.165) is 13.1 Å². The highest BCUT2D eigenvalue weighted by atomic mass is 16.4. The minimum absolute atomic E-state index is 0.0133. The number of ketones is 2. The maximum Gasteiger partial charge on any atom is 0.328 e. The van der Waals surface area contributed by atoms with Crippen LogP contribution in [0.5, 0.6) is 0 Å². The maximum atomic E-state index is 13.6. The summed E-state index contributed by atoms with van der Waals surface area (Å²) in [7, 11) is 0. The van der Waals surface area contributed by atoms with Crippen LogP contribution in [-0.2, 0) is 14.4 Å². The first-order valence-electron chi connectivity index (χ1n) is 13.7. The van der Waals surface area contributed by atoms with Crippen molar-refractivity contribution in [3.05, 3.63) is 36.2 Å². The Balaban J connectivity index is 1.74. The molecular formula is C28H35N7O6. The van der Waals surface area contributed by atoms with Crippen LogP contribution in [-0.4, -0.2) is 76.8 Å². The molecule has 0 amide bonds. The number of nitrogens with one attached hydrogen (secondary N) is 1. The molecule has 1 fully saturated rings. The van der Waals surface area contributed by atoms with Crippen LogP contribution < -0.4 is 5.32 Å². The molecule has 0 saturated carbocycles. The quantitative estimate of drug-likeness (QED) is 0.259. The predicted molar refractivity (Wildman–Crippen MR) is 147 cm³/mol. The van der Waals surface area contributed by atoms with E-state index in [-0.39, 0.29) is 36.2 Å². The van der Waals surface area contributed by atoms with Gasteiger partial charge in [-0.2, -0.15) is 0 Å². The Labute approximate surface area is 236 Å². The van der Waals surface area contributed by atoms with E-state index in [1.165, 1.54) is 16.3 Å². The normalized spacial score (nSPS) is 15.5. The number of nitrogens with zero attached hydrogens (tertiary/aromatic N) is 6. The molecule has 0 bridgehead atoms. The standard InChI is InChI=1S/C28H35N7O6/c1-16(2)10-25(28(40)41)35-15-23(31-33-35)20-11-19(12-21(13-20)27(39)18-6-8-29-9-7-18)22-14-34(32-30-22)24(17(3)36)4-5-26(37)38/h11-16,18,24-25,29H,4-10H2,1-3H3,(H,37,38)(H,40,41)/t24-,25-/m0/s1. The van der Waals surface area contributed by atoms with Gasteiger partial charge in [0.05, 0.1) is 12.4 Å². The summed E-state index contributed by atoms with van der Waals surface area (Å²) in [6, 6.07) is 3.55. The number of carbonyl (C=O) groups excluding carboxylic acids is 2. The number of piperidine rings is 1. The van der Waals surface area contributed by atoms with Gasteiger partial charge < -0.3 is 15.5 Å². The van der Waals surface area contributed by atoms with Gasteiger partial charge in [0.2, 0.25) is 0 Å². The minimum Gasteiger partial charge on any atom is -0.481 e. The van der Waals surface area contributed by atoms with Crippen molar-refractivity contribution in [2.45, 2.75) is 65.0 Å². The van der Waals surface area contributed by atoms with Crippen LogP contribution in [0.2, 0.25) is 0 Å². The summed E-state index contributed by atoms with van der Waals surface area (Å²) in [6.07, 6.45) is 4.79. The Morgan fingerprint density at radius 2 is 1.49 bits per heavy atom. The van der Waals surface area contributed by atoms with Crippen molar-refractivity contribution in [3.8, 4) is 22.5 Å². The van der Waals surface area contributed by atoms with Gasteiger partial charge in [0.25, 0.3) is 0 Å². The average Bonchev–Trinajstić information content (AvgIpc) is 3.62. The molecule has 4 rings (SSSR count). The van der Waals surface area contributed by atoms with Crippen molar-refractivity contribution in [2.24, 2.45) is 11.8 Å². The van der Waals surface area contributed by atoms with Gasteiger partial charge in [-0.25, -0.2) is 14.2 Å². The number of benzene rings is 1. The second-order valence-electron chi connectivity index (χ2n) is 10.9. The summed E-state index contributed by atoms with van der Waals surface area (Å²) in [5.74, 6) is -2.31. The molecule has 0 aliphatic carbocycles. The van der Waals surface area contributed by atoms with Crippen molar-refractivity contribution in [1.82, 2.24) is 35.3 Å². The first-order valence-corrected chi connectivity index (χ1v) is 13.7. The van der Waals surface area contributed by atoms with Crippen molar-refractivity contribution < 1.29 is 29.4 Å². The van der Waals surface area contributed by atoms with Gasteiger partial charge in [-0.05, 0) is 69.8 Å². The highest BCUT2D eigenvalue weighted by molar-refractivity contribution is 6.00. The molecule has 1 saturated heterocycles. The second-order valence-corrected chi connectivity index (χ2v) is 10.9. The van der Waals surface area contributed by atoms with Crippen LogP contribution in [0.25, 0.3) is 22.5 Å². The number of carboxylic acids is 2. The topological polar surface area (TPSA) is 182 Å². The van der Waals surface area contributed by atoms with Crippen molar-refractivity contribution in [3.63, 3.8) is 0 Å². The van der Waals surface area contributed by atoms with E-state index in [1.54, 1.807) is 30.6 Å². The molecule has 0 unspecified atom stereocenters. The molecule has 3 aromatic rings. The fourth-order valence-corrected chi connectivity index (χ4v) is 5.06. The van der Waals surface area contributed by atoms with Gasteiger partial charge in [-0.1, -0.05) is 24.3 Å². The van der Waals surface area contributed by atoms with Crippen LogP contribution in [0.4, 0.5) is 0 Å². The number of hydrogen-bond donors (Lipinski definition) is 3. The minimum atomic E-state index is -1.02. The van der Waals surface area contributed by atoms with E-state index >= 15 is 0 Å². The first kappa shape index (κ1) is 29.7. The predicted octanol–water partition coefficient (Wildman–Crippen LogP) is 3.05. The van der Waals surface area contributed by atoms with Gasteiger partial charge >= 0.3 is 11.9 Å². The lowest BCUT2D eigenvalue weighted by Crippen LogP contribution is -2.31. The highest BCUT2D eigenvalue weighted by Gasteiger charge is 2.26. The SMILES string of the molecule is CC(=O)[C@H](CCC(=O)O)n1cc(-c2cc(C(=O)C3CCNCC3)cc(-c3cn([C@@H](CC(C)C)C(=O)O)nn3)c2)nn1. The molecule has 41 heavy (non-hydrogen) atoms. The highest BCUT2D eigenvalue weighted by Crippen LogP contribution is 2.30. The maximum absolute atomic E-state index is 13.6. The largest absolute Gasteiger partial charge is 0.481 e. The van der Waals surface area contributed by atoms with Crippen LogP contribution in [0.3, 0.4) is 0 Å². The molecule has 13 heteroatoms. The Bertz CT molecular complexity index is 1420. The van der Waals surface area contributed by atoms with E-state index < -0.39 is 24.0 Å². The van der Waals surface area contributed by atoms with Crippen LogP contribution in [0.15, 0.2) is 30.6 Å². The summed E-state index contributed by atoms with van der Waals surface area (Å²) < 4.78 is 2.68. The molecule has 1 aliphatic heterocycles. The zero-order valence-corrected chi connectivity index (χ0v) is 23.4. The lowest BCUT2D eigenvalue weighted by Gasteiger charge is -2.21. The summed E-state index contributed by atoms with van der Waals surface area (Å²) in [4.78, 5) is 48.8. The number of carboxylic acid groups (broad SMARTS) is 2. The summed E-state index contributed by atoms with van der Waals surface area (Å²) in [6.45, 7) is 6.74. The molecule has 2 atom stereocenters. The molecule has 3 heterocycles. The molecule has 13 nitrogen and oxygen atoms in total. The fourth-order valence-electron chi connectivity index (χ4n) is 5.06. The van der Waals surface area contributed by atoms with E-state index in [4.69, 9.17) is 5.11 Å². The van der Waals surface area contributed by atoms with Crippen LogP contribution >= 0.6 is 0 Å². The van der Waals surface area contributed by atoms with Gasteiger partial charge in [-0.3, -0.25) is 14.4 Å². The van der Waals surface area contributed by atoms with Crippen LogP contribution in [0, 0.1) is 11.8 Å².